The summed E-state index contributed by atoms with van der Waals surface area (Å²) in [4.78, 5) is 2.13. The fraction of sp³-hybridized carbons (Fsp3) is 0.625. The summed E-state index contributed by atoms with van der Waals surface area (Å²) in [6.45, 7) is 4.53. The molecule has 0 saturated heterocycles. The van der Waals surface area contributed by atoms with E-state index in [2.05, 4.69) is 11.8 Å². The van der Waals surface area contributed by atoms with Gasteiger partial charge in [-0.05, 0) is 18.9 Å². The first-order valence-corrected chi connectivity index (χ1v) is 7.50. The van der Waals surface area contributed by atoms with E-state index in [4.69, 9.17) is 4.74 Å². The van der Waals surface area contributed by atoms with Crippen LogP contribution in [-0.2, 0) is 4.74 Å². The molecule has 1 aliphatic rings. The molecule has 0 fully saturated rings. The highest BCUT2D eigenvalue weighted by Gasteiger charge is 2.24. The van der Waals surface area contributed by atoms with E-state index in [1.54, 1.807) is 0 Å². The average Bonchev–Trinajstić information content (AvgIpc) is 2.47. The Labute approximate surface area is 121 Å². The number of rotatable bonds is 7. The molecular weight excluding hydrogens is 254 g/mol. The lowest BCUT2D eigenvalue weighted by Gasteiger charge is -2.35. The van der Waals surface area contributed by atoms with E-state index in [-0.39, 0.29) is 6.10 Å². The Balaban J connectivity index is 1.89. The highest BCUT2D eigenvalue weighted by molar-refractivity contribution is 5.56. The van der Waals surface area contributed by atoms with Gasteiger partial charge in [0.1, 0.15) is 0 Å². The van der Waals surface area contributed by atoms with Crippen LogP contribution in [-0.4, -0.2) is 42.6 Å². The number of para-hydroxylation sites is 1. The van der Waals surface area contributed by atoms with Crippen LogP contribution in [0, 0.1) is 0 Å². The number of β-amino-alcohol motifs (C(OH)–C–C–N with tert-alkyl or cyclic N) is 1. The van der Waals surface area contributed by atoms with Crippen LogP contribution in [0.5, 0.6) is 0 Å². The minimum absolute atomic E-state index is 0.376. The molecule has 0 aromatic heterocycles. The summed E-state index contributed by atoms with van der Waals surface area (Å²) < 4.78 is 5.46. The first kappa shape index (κ1) is 15.3. The minimum Gasteiger partial charge on any atom is -0.389 e. The molecule has 2 unspecified atom stereocenters. The maximum atomic E-state index is 10.1. The van der Waals surface area contributed by atoms with Gasteiger partial charge in [0.15, 0.2) is 0 Å². The number of hydrogen-bond acceptors (Lipinski definition) is 4. The van der Waals surface area contributed by atoms with Crippen molar-refractivity contribution >= 4 is 5.69 Å². The van der Waals surface area contributed by atoms with Crippen LogP contribution >= 0.6 is 0 Å². The SMILES string of the molecule is CCCCOCC(O)CN1CCC(O)c2ccccc21. The van der Waals surface area contributed by atoms with Crippen molar-refractivity contribution < 1.29 is 14.9 Å². The van der Waals surface area contributed by atoms with Crippen molar-refractivity contribution in [3.63, 3.8) is 0 Å². The Kier molecular flexibility index (Phi) is 5.83. The maximum Gasteiger partial charge on any atom is 0.0947 e. The molecular formula is C16H25NO3. The zero-order valence-electron chi connectivity index (χ0n) is 12.2. The van der Waals surface area contributed by atoms with Crippen LogP contribution in [0.1, 0.15) is 37.9 Å². The minimum atomic E-state index is -0.491. The van der Waals surface area contributed by atoms with E-state index in [9.17, 15) is 10.2 Å². The molecule has 1 aliphatic heterocycles. The van der Waals surface area contributed by atoms with Crippen molar-refractivity contribution in [3.05, 3.63) is 29.8 Å². The second kappa shape index (κ2) is 7.62. The molecule has 0 radical (unpaired) electrons. The average molecular weight is 279 g/mol. The van der Waals surface area contributed by atoms with E-state index in [0.29, 0.717) is 26.2 Å². The molecule has 1 heterocycles. The van der Waals surface area contributed by atoms with Crippen molar-refractivity contribution in [3.8, 4) is 0 Å². The van der Waals surface area contributed by atoms with Crippen molar-refractivity contribution in [2.24, 2.45) is 0 Å². The van der Waals surface area contributed by atoms with Gasteiger partial charge in [-0.2, -0.15) is 0 Å². The second-order valence-electron chi connectivity index (χ2n) is 5.39. The van der Waals surface area contributed by atoms with Crippen LogP contribution in [0.25, 0.3) is 0 Å². The topological polar surface area (TPSA) is 52.9 Å². The monoisotopic (exact) mass is 279 g/mol. The zero-order valence-corrected chi connectivity index (χ0v) is 12.2. The molecule has 4 heteroatoms. The molecule has 0 bridgehead atoms. The fourth-order valence-electron chi connectivity index (χ4n) is 2.57. The number of benzene rings is 1. The third-order valence-electron chi connectivity index (χ3n) is 3.69. The number of fused-ring (bicyclic) bond motifs is 1. The highest BCUT2D eigenvalue weighted by Crippen LogP contribution is 2.33. The van der Waals surface area contributed by atoms with Crippen LogP contribution in [0.4, 0.5) is 5.69 Å². The van der Waals surface area contributed by atoms with Gasteiger partial charge in [-0.15, -0.1) is 0 Å². The van der Waals surface area contributed by atoms with Crippen molar-refractivity contribution in [2.45, 2.75) is 38.4 Å². The molecule has 2 N–H and O–H groups in total. The van der Waals surface area contributed by atoms with Crippen molar-refractivity contribution in [2.75, 3.05) is 31.2 Å². The third kappa shape index (κ3) is 3.95. The van der Waals surface area contributed by atoms with Gasteiger partial charge in [-0.25, -0.2) is 0 Å². The Hall–Kier alpha value is -1.10. The van der Waals surface area contributed by atoms with Gasteiger partial charge >= 0.3 is 0 Å². The van der Waals surface area contributed by atoms with Gasteiger partial charge in [-0.1, -0.05) is 31.5 Å². The first-order valence-electron chi connectivity index (χ1n) is 7.50. The summed E-state index contributed by atoms with van der Waals surface area (Å²) in [7, 11) is 0. The number of aliphatic hydroxyl groups excluding tert-OH is 2. The summed E-state index contributed by atoms with van der Waals surface area (Å²) in [6.07, 6.45) is 1.97. The number of nitrogens with zero attached hydrogens (tertiary/aromatic N) is 1. The summed E-state index contributed by atoms with van der Waals surface area (Å²) in [5.74, 6) is 0. The molecule has 112 valence electrons. The molecule has 0 amide bonds. The Morgan fingerprint density at radius 1 is 1.40 bits per heavy atom. The zero-order chi connectivity index (χ0) is 14.4. The maximum absolute atomic E-state index is 10.1. The van der Waals surface area contributed by atoms with Gasteiger partial charge in [-0.3, -0.25) is 0 Å². The molecule has 0 saturated carbocycles. The summed E-state index contributed by atoms with van der Waals surface area (Å²) in [5.41, 5.74) is 1.98. The number of hydrogen-bond donors (Lipinski definition) is 2. The van der Waals surface area contributed by atoms with E-state index >= 15 is 0 Å². The van der Waals surface area contributed by atoms with Gasteiger partial charge in [0, 0.05) is 30.9 Å². The fourth-order valence-corrected chi connectivity index (χ4v) is 2.57. The molecule has 1 aromatic rings. The third-order valence-corrected chi connectivity index (χ3v) is 3.69. The van der Waals surface area contributed by atoms with Gasteiger partial charge in [0.25, 0.3) is 0 Å². The summed E-state index contributed by atoms with van der Waals surface area (Å²) in [6, 6.07) is 7.86. The molecule has 4 nitrogen and oxygen atoms in total. The van der Waals surface area contributed by atoms with Crippen molar-refractivity contribution in [1.29, 1.82) is 0 Å². The molecule has 0 spiro atoms. The normalized spacial score (nSPS) is 19.8. The lowest BCUT2D eigenvalue weighted by atomic mass is 9.98. The number of unbranched alkanes of at least 4 members (excludes halogenated alkanes) is 1. The lowest BCUT2D eigenvalue weighted by molar-refractivity contribution is 0.0384. The largest absolute Gasteiger partial charge is 0.389 e. The van der Waals surface area contributed by atoms with Gasteiger partial charge in [0.05, 0.1) is 18.8 Å². The quantitative estimate of drug-likeness (QED) is 0.751. The van der Waals surface area contributed by atoms with Crippen molar-refractivity contribution in [1.82, 2.24) is 0 Å². The van der Waals surface area contributed by atoms with E-state index < -0.39 is 6.10 Å². The van der Waals surface area contributed by atoms with E-state index in [1.165, 1.54) is 0 Å². The van der Waals surface area contributed by atoms with Crippen LogP contribution < -0.4 is 4.90 Å². The number of anilines is 1. The highest BCUT2D eigenvalue weighted by atomic mass is 16.5. The van der Waals surface area contributed by atoms with Crippen LogP contribution in [0.2, 0.25) is 0 Å². The predicted octanol–water partition coefficient (Wildman–Crippen LogP) is 2.11. The van der Waals surface area contributed by atoms with E-state index in [1.807, 2.05) is 24.3 Å². The standard InChI is InChI=1S/C16H25NO3/c1-2-3-10-20-12-13(18)11-17-9-8-16(19)14-6-4-5-7-15(14)17/h4-7,13,16,18-19H,2-3,8-12H2,1H3. The van der Waals surface area contributed by atoms with Crippen LogP contribution in [0.15, 0.2) is 24.3 Å². The second-order valence-corrected chi connectivity index (χ2v) is 5.39. The first-order chi connectivity index (χ1) is 9.72. The summed E-state index contributed by atoms with van der Waals surface area (Å²) in [5, 5.41) is 20.1. The molecule has 0 aliphatic carbocycles. The smallest absolute Gasteiger partial charge is 0.0947 e. The van der Waals surface area contributed by atoms with E-state index in [0.717, 1.165) is 30.6 Å². The Morgan fingerprint density at radius 2 is 2.20 bits per heavy atom. The number of aliphatic hydroxyl groups is 2. The number of ether oxygens (including phenoxy) is 1. The Morgan fingerprint density at radius 3 is 3.00 bits per heavy atom. The van der Waals surface area contributed by atoms with Gasteiger partial charge < -0.3 is 19.8 Å². The lowest BCUT2D eigenvalue weighted by Crippen LogP contribution is -2.39. The van der Waals surface area contributed by atoms with Crippen LogP contribution in [0.3, 0.4) is 0 Å². The predicted molar refractivity (Wildman–Crippen MR) is 80.0 cm³/mol. The Bertz CT molecular complexity index is 410. The molecule has 1 aromatic carbocycles. The van der Waals surface area contributed by atoms with Gasteiger partial charge in [0.2, 0.25) is 0 Å². The molecule has 20 heavy (non-hydrogen) atoms. The molecule has 2 atom stereocenters. The molecule has 2 rings (SSSR count). The summed E-state index contributed by atoms with van der Waals surface area (Å²) >= 11 is 0.